The molecule has 1 aliphatic rings. The molecule has 0 unspecified atom stereocenters. The standard InChI is InChI=1S/C17H21NO5/c1-22-15-10-12(6-8-14(15)19)7-9-17(21)23-11-16(20)18-13-4-2-3-5-13/h6-10,13,19H,2-5,11H2,1H3,(H,18,20)/b9-7+. The van der Waals surface area contributed by atoms with E-state index in [0.29, 0.717) is 11.3 Å². The number of esters is 1. The predicted molar refractivity (Wildman–Crippen MR) is 85.1 cm³/mol. The Kier molecular flexibility index (Phi) is 6.02. The summed E-state index contributed by atoms with van der Waals surface area (Å²) in [6.07, 6.45) is 6.99. The van der Waals surface area contributed by atoms with Crippen LogP contribution < -0.4 is 10.1 Å². The fraction of sp³-hybridized carbons (Fsp3) is 0.412. The molecule has 23 heavy (non-hydrogen) atoms. The van der Waals surface area contributed by atoms with Crippen molar-refractivity contribution in [3.8, 4) is 11.5 Å². The highest BCUT2D eigenvalue weighted by atomic mass is 16.5. The van der Waals surface area contributed by atoms with Gasteiger partial charge in [0.15, 0.2) is 18.1 Å². The SMILES string of the molecule is COc1cc(/C=C/C(=O)OCC(=O)NC2CCCC2)ccc1O. The normalized spacial score (nSPS) is 14.8. The number of rotatable bonds is 6. The number of phenols is 1. The zero-order valence-corrected chi connectivity index (χ0v) is 13.1. The van der Waals surface area contributed by atoms with E-state index in [9.17, 15) is 14.7 Å². The molecular weight excluding hydrogens is 298 g/mol. The van der Waals surface area contributed by atoms with Crippen LogP contribution in [0.2, 0.25) is 0 Å². The average molecular weight is 319 g/mol. The van der Waals surface area contributed by atoms with Crippen LogP contribution in [0.3, 0.4) is 0 Å². The Bertz CT molecular complexity index is 591. The van der Waals surface area contributed by atoms with Crippen LogP contribution in [0, 0.1) is 0 Å². The van der Waals surface area contributed by atoms with Gasteiger partial charge >= 0.3 is 5.97 Å². The topological polar surface area (TPSA) is 84.9 Å². The van der Waals surface area contributed by atoms with E-state index in [1.54, 1.807) is 12.1 Å². The van der Waals surface area contributed by atoms with E-state index in [4.69, 9.17) is 9.47 Å². The van der Waals surface area contributed by atoms with Crippen molar-refractivity contribution in [2.45, 2.75) is 31.7 Å². The zero-order chi connectivity index (χ0) is 16.7. The molecule has 1 fully saturated rings. The Balaban J connectivity index is 1.78. The lowest BCUT2D eigenvalue weighted by Gasteiger charge is -2.11. The highest BCUT2D eigenvalue weighted by Gasteiger charge is 2.17. The van der Waals surface area contributed by atoms with Crippen molar-refractivity contribution in [1.29, 1.82) is 0 Å². The predicted octanol–water partition coefficient (Wildman–Crippen LogP) is 2.02. The highest BCUT2D eigenvalue weighted by molar-refractivity contribution is 5.89. The molecule has 1 aromatic carbocycles. The fourth-order valence-electron chi connectivity index (χ4n) is 2.49. The summed E-state index contributed by atoms with van der Waals surface area (Å²) in [6, 6.07) is 4.90. The van der Waals surface area contributed by atoms with Gasteiger partial charge in [0.1, 0.15) is 0 Å². The molecule has 2 N–H and O–H groups in total. The Hall–Kier alpha value is -2.50. The summed E-state index contributed by atoms with van der Waals surface area (Å²) in [7, 11) is 1.44. The monoisotopic (exact) mass is 319 g/mol. The van der Waals surface area contributed by atoms with E-state index in [0.717, 1.165) is 25.7 Å². The van der Waals surface area contributed by atoms with Gasteiger partial charge in [0.25, 0.3) is 5.91 Å². The third kappa shape index (κ3) is 5.32. The van der Waals surface area contributed by atoms with E-state index in [1.165, 1.54) is 25.3 Å². The summed E-state index contributed by atoms with van der Waals surface area (Å²) in [5.74, 6) is -0.532. The quantitative estimate of drug-likeness (QED) is 0.619. The van der Waals surface area contributed by atoms with Gasteiger partial charge in [-0.05, 0) is 36.6 Å². The summed E-state index contributed by atoms with van der Waals surface area (Å²) in [5, 5.41) is 12.3. The highest BCUT2D eigenvalue weighted by Crippen LogP contribution is 2.26. The summed E-state index contributed by atoms with van der Waals surface area (Å²) in [6.45, 7) is -0.279. The Morgan fingerprint density at radius 3 is 2.78 bits per heavy atom. The second kappa shape index (κ2) is 8.22. The molecule has 0 saturated heterocycles. The molecule has 0 atom stereocenters. The Morgan fingerprint density at radius 1 is 1.35 bits per heavy atom. The number of methoxy groups -OCH3 is 1. The van der Waals surface area contributed by atoms with Crippen molar-refractivity contribution in [2.24, 2.45) is 0 Å². The second-order valence-corrected chi connectivity index (χ2v) is 5.42. The third-order valence-electron chi connectivity index (χ3n) is 3.68. The van der Waals surface area contributed by atoms with E-state index < -0.39 is 5.97 Å². The van der Waals surface area contributed by atoms with Crippen molar-refractivity contribution in [2.75, 3.05) is 13.7 Å². The molecule has 0 aliphatic heterocycles. The number of hydrogen-bond acceptors (Lipinski definition) is 5. The van der Waals surface area contributed by atoms with Crippen molar-refractivity contribution in [1.82, 2.24) is 5.32 Å². The van der Waals surface area contributed by atoms with Gasteiger partial charge in [0.2, 0.25) is 0 Å². The molecule has 0 spiro atoms. The number of nitrogens with one attached hydrogen (secondary N) is 1. The maximum atomic E-state index is 11.6. The molecule has 0 bridgehead atoms. The van der Waals surface area contributed by atoms with Crippen molar-refractivity contribution in [3.63, 3.8) is 0 Å². The van der Waals surface area contributed by atoms with Crippen LogP contribution in [0.4, 0.5) is 0 Å². The molecule has 0 radical (unpaired) electrons. The molecule has 2 rings (SSSR count). The van der Waals surface area contributed by atoms with Gasteiger partial charge in [-0.2, -0.15) is 0 Å². The molecule has 6 nitrogen and oxygen atoms in total. The van der Waals surface area contributed by atoms with Crippen molar-refractivity contribution >= 4 is 18.0 Å². The lowest BCUT2D eigenvalue weighted by Crippen LogP contribution is -2.35. The lowest BCUT2D eigenvalue weighted by atomic mass is 10.2. The van der Waals surface area contributed by atoms with Crippen molar-refractivity contribution < 1.29 is 24.2 Å². The lowest BCUT2D eigenvalue weighted by molar-refractivity contribution is -0.144. The van der Waals surface area contributed by atoms with Gasteiger partial charge < -0.3 is 19.9 Å². The number of hydrogen-bond donors (Lipinski definition) is 2. The van der Waals surface area contributed by atoms with E-state index >= 15 is 0 Å². The zero-order valence-electron chi connectivity index (χ0n) is 13.1. The minimum absolute atomic E-state index is 0.0239. The van der Waals surface area contributed by atoms with Crippen LogP contribution in [0.1, 0.15) is 31.2 Å². The van der Waals surface area contributed by atoms with Gasteiger partial charge in [-0.1, -0.05) is 18.9 Å². The van der Waals surface area contributed by atoms with Gasteiger partial charge in [-0.15, -0.1) is 0 Å². The number of amides is 1. The molecule has 1 amide bonds. The number of ether oxygens (including phenoxy) is 2. The molecule has 1 aromatic rings. The second-order valence-electron chi connectivity index (χ2n) is 5.42. The van der Waals surface area contributed by atoms with Gasteiger partial charge in [-0.3, -0.25) is 4.79 Å². The molecule has 1 aliphatic carbocycles. The first kappa shape index (κ1) is 16.9. The minimum Gasteiger partial charge on any atom is -0.504 e. The summed E-state index contributed by atoms with van der Waals surface area (Å²) < 4.78 is 9.88. The van der Waals surface area contributed by atoms with Crippen molar-refractivity contribution in [3.05, 3.63) is 29.8 Å². The molecule has 6 heteroatoms. The molecule has 0 heterocycles. The van der Waals surface area contributed by atoms with E-state index in [2.05, 4.69) is 5.32 Å². The smallest absolute Gasteiger partial charge is 0.331 e. The Morgan fingerprint density at radius 2 is 2.09 bits per heavy atom. The van der Waals surface area contributed by atoms with Crippen LogP contribution in [-0.2, 0) is 14.3 Å². The first-order valence-corrected chi connectivity index (χ1v) is 7.59. The Labute approximate surface area is 135 Å². The van der Waals surface area contributed by atoms with Crippen LogP contribution in [0.5, 0.6) is 11.5 Å². The molecule has 0 aromatic heterocycles. The van der Waals surface area contributed by atoms with Crippen LogP contribution >= 0.6 is 0 Å². The van der Waals surface area contributed by atoms with Gasteiger partial charge in [-0.25, -0.2) is 4.79 Å². The number of carbonyl (C=O) groups excluding carboxylic acids is 2. The number of aromatic hydroxyl groups is 1. The van der Waals surface area contributed by atoms with Gasteiger partial charge in [0, 0.05) is 12.1 Å². The molecule has 124 valence electrons. The van der Waals surface area contributed by atoms with Crippen LogP contribution in [-0.4, -0.2) is 36.7 Å². The molecule has 1 saturated carbocycles. The average Bonchev–Trinajstić information content (AvgIpc) is 3.05. The largest absolute Gasteiger partial charge is 0.504 e. The minimum atomic E-state index is -0.599. The van der Waals surface area contributed by atoms with Crippen LogP contribution in [0.25, 0.3) is 6.08 Å². The third-order valence-corrected chi connectivity index (χ3v) is 3.68. The first-order valence-electron chi connectivity index (χ1n) is 7.59. The fourth-order valence-corrected chi connectivity index (χ4v) is 2.49. The number of benzene rings is 1. The first-order chi connectivity index (χ1) is 11.1. The summed E-state index contributed by atoms with van der Waals surface area (Å²) in [5.41, 5.74) is 0.673. The molecular formula is C17H21NO5. The van der Waals surface area contributed by atoms with E-state index in [1.807, 2.05) is 0 Å². The summed E-state index contributed by atoms with van der Waals surface area (Å²) >= 11 is 0. The number of carbonyl (C=O) groups is 2. The van der Waals surface area contributed by atoms with Crippen LogP contribution in [0.15, 0.2) is 24.3 Å². The summed E-state index contributed by atoms with van der Waals surface area (Å²) in [4.78, 5) is 23.3. The number of phenolic OH excluding ortho intramolecular Hbond substituents is 1. The van der Waals surface area contributed by atoms with Gasteiger partial charge in [0.05, 0.1) is 7.11 Å². The maximum Gasteiger partial charge on any atom is 0.331 e. The maximum absolute atomic E-state index is 11.6. The van der Waals surface area contributed by atoms with E-state index in [-0.39, 0.29) is 24.3 Å².